The first-order valence-corrected chi connectivity index (χ1v) is 9.56. The molecule has 1 amide bonds. The predicted molar refractivity (Wildman–Crippen MR) is 108 cm³/mol. The fourth-order valence-electron chi connectivity index (χ4n) is 3.25. The number of hydrogen-bond acceptors (Lipinski definition) is 5. The number of rotatable bonds is 6. The number of ether oxygens (including phenoxy) is 1. The molecule has 1 N–H and O–H groups in total. The van der Waals surface area contributed by atoms with Crippen LogP contribution in [0.3, 0.4) is 0 Å². The summed E-state index contributed by atoms with van der Waals surface area (Å²) in [6.45, 7) is 3.19. The molecule has 8 heteroatoms. The summed E-state index contributed by atoms with van der Waals surface area (Å²) >= 11 is 0. The summed E-state index contributed by atoms with van der Waals surface area (Å²) in [6.07, 6.45) is 2.39. The van der Waals surface area contributed by atoms with Crippen LogP contribution in [-0.2, 0) is 17.7 Å². The zero-order valence-electron chi connectivity index (χ0n) is 15.9. The summed E-state index contributed by atoms with van der Waals surface area (Å²) < 4.78 is 21.0. The average molecular weight is 395 g/mol. The Hall–Kier alpha value is -3.26. The fraction of sp³-hybridized carbons (Fsp3) is 0.286. The van der Waals surface area contributed by atoms with Crippen LogP contribution in [0, 0.1) is 5.82 Å². The lowest BCUT2D eigenvalue weighted by Crippen LogP contribution is -2.36. The molecule has 0 bridgehead atoms. The zero-order chi connectivity index (χ0) is 20.1. The summed E-state index contributed by atoms with van der Waals surface area (Å²) in [7, 11) is 0. The van der Waals surface area contributed by atoms with Gasteiger partial charge in [0.15, 0.2) is 5.69 Å². The number of benzene rings is 2. The number of carbonyl (C=O) groups excluding carboxylic acids is 1. The van der Waals surface area contributed by atoms with Crippen molar-refractivity contribution in [2.75, 3.05) is 36.5 Å². The third-order valence-corrected chi connectivity index (χ3v) is 4.76. The quantitative estimate of drug-likeness (QED) is 0.695. The molecule has 0 unspecified atom stereocenters. The standard InChI is InChI=1S/C21H22FN5O2/c22-17-12-18(14-19(13-17)26-8-10-29-11-9-26)23-21(28)20-15-27(25-24-20)7-6-16-4-2-1-3-5-16/h1-5,12-15H,6-11H2,(H,23,28). The molecule has 1 aliphatic heterocycles. The highest BCUT2D eigenvalue weighted by molar-refractivity contribution is 6.02. The van der Waals surface area contributed by atoms with Gasteiger partial charge in [0, 0.05) is 31.0 Å². The van der Waals surface area contributed by atoms with Crippen LogP contribution >= 0.6 is 0 Å². The Morgan fingerprint density at radius 2 is 1.93 bits per heavy atom. The minimum atomic E-state index is -0.422. The molecule has 1 aliphatic rings. The molecule has 0 aliphatic carbocycles. The molecule has 29 heavy (non-hydrogen) atoms. The highest BCUT2D eigenvalue weighted by Gasteiger charge is 2.16. The number of nitrogens with one attached hydrogen (secondary N) is 1. The van der Waals surface area contributed by atoms with Gasteiger partial charge in [0.1, 0.15) is 5.82 Å². The van der Waals surface area contributed by atoms with E-state index in [4.69, 9.17) is 4.74 Å². The van der Waals surface area contributed by atoms with Crippen molar-refractivity contribution in [3.63, 3.8) is 0 Å². The Morgan fingerprint density at radius 1 is 1.14 bits per heavy atom. The largest absolute Gasteiger partial charge is 0.378 e. The lowest BCUT2D eigenvalue weighted by Gasteiger charge is -2.29. The molecule has 1 saturated heterocycles. The second kappa shape index (κ2) is 8.83. The number of carbonyl (C=O) groups is 1. The molecular formula is C21H22FN5O2. The molecule has 0 saturated carbocycles. The van der Waals surface area contributed by atoms with Crippen molar-refractivity contribution in [2.45, 2.75) is 13.0 Å². The average Bonchev–Trinajstić information content (AvgIpc) is 3.23. The highest BCUT2D eigenvalue weighted by Crippen LogP contribution is 2.23. The van der Waals surface area contributed by atoms with Crippen molar-refractivity contribution in [3.8, 4) is 0 Å². The lowest BCUT2D eigenvalue weighted by molar-refractivity contribution is 0.102. The molecule has 2 heterocycles. The second-order valence-electron chi connectivity index (χ2n) is 6.85. The van der Waals surface area contributed by atoms with E-state index in [1.807, 2.05) is 35.2 Å². The van der Waals surface area contributed by atoms with Gasteiger partial charge < -0.3 is 15.0 Å². The Kier molecular flexibility index (Phi) is 5.81. The van der Waals surface area contributed by atoms with Crippen molar-refractivity contribution in [3.05, 3.63) is 71.8 Å². The van der Waals surface area contributed by atoms with Crippen LogP contribution in [0.15, 0.2) is 54.7 Å². The minimum Gasteiger partial charge on any atom is -0.378 e. The van der Waals surface area contributed by atoms with E-state index in [1.54, 1.807) is 16.9 Å². The molecule has 0 atom stereocenters. The molecule has 4 rings (SSSR count). The van der Waals surface area contributed by atoms with Gasteiger partial charge in [-0.05, 0) is 30.2 Å². The van der Waals surface area contributed by atoms with Gasteiger partial charge in [-0.3, -0.25) is 9.48 Å². The maximum atomic E-state index is 14.1. The van der Waals surface area contributed by atoms with Crippen LogP contribution in [0.1, 0.15) is 16.1 Å². The topological polar surface area (TPSA) is 72.3 Å². The van der Waals surface area contributed by atoms with Crippen LogP contribution < -0.4 is 10.2 Å². The predicted octanol–water partition coefficient (Wildman–Crippen LogP) is 2.75. The normalized spacial score (nSPS) is 14.0. The van der Waals surface area contributed by atoms with E-state index in [-0.39, 0.29) is 5.69 Å². The van der Waals surface area contributed by atoms with E-state index < -0.39 is 11.7 Å². The van der Waals surface area contributed by atoms with E-state index in [1.165, 1.54) is 17.7 Å². The van der Waals surface area contributed by atoms with Gasteiger partial charge in [0.25, 0.3) is 5.91 Å². The van der Waals surface area contributed by atoms with Gasteiger partial charge in [-0.1, -0.05) is 35.5 Å². The van der Waals surface area contributed by atoms with Crippen LogP contribution in [0.4, 0.5) is 15.8 Å². The van der Waals surface area contributed by atoms with Crippen LogP contribution in [0.25, 0.3) is 0 Å². The van der Waals surface area contributed by atoms with Crippen molar-refractivity contribution >= 4 is 17.3 Å². The lowest BCUT2D eigenvalue weighted by atomic mass is 10.1. The van der Waals surface area contributed by atoms with E-state index in [9.17, 15) is 9.18 Å². The summed E-state index contributed by atoms with van der Waals surface area (Å²) in [6, 6.07) is 14.5. The molecule has 1 fully saturated rings. The number of amides is 1. The van der Waals surface area contributed by atoms with Gasteiger partial charge in [0.2, 0.25) is 0 Å². The third kappa shape index (κ3) is 4.97. The molecule has 0 radical (unpaired) electrons. The Bertz CT molecular complexity index is 970. The third-order valence-electron chi connectivity index (χ3n) is 4.76. The maximum absolute atomic E-state index is 14.1. The Labute approximate surface area is 168 Å². The monoisotopic (exact) mass is 395 g/mol. The van der Waals surface area contributed by atoms with E-state index in [2.05, 4.69) is 15.6 Å². The zero-order valence-corrected chi connectivity index (χ0v) is 15.9. The summed E-state index contributed by atoms with van der Waals surface area (Å²) in [5.74, 6) is -0.828. The first-order valence-electron chi connectivity index (χ1n) is 9.56. The molecule has 2 aromatic carbocycles. The van der Waals surface area contributed by atoms with Crippen molar-refractivity contribution in [1.29, 1.82) is 0 Å². The van der Waals surface area contributed by atoms with Gasteiger partial charge >= 0.3 is 0 Å². The number of anilines is 2. The smallest absolute Gasteiger partial charge is 0.277 e. The van der Waals surface area contributed by atoms with E-state index in [0.717, 1.165) is 12.1 Å². The summed E-state index contributed by atoms with van der Waals surface area (Å²) in [4.78, 5) is 14.5. The number of aryl methyl sites for hydroxylation is 2. The molecule has 1 aromatic heterocycles. The van der Waals surface area contributed by atoms with Gasteiger partial charge in [-0.25, -0.2) is 4.39 Å². The van der Waals surface area contributed by atoms with Gasteiger partial charge in [-0.15, -0.1) is 5.10 Å². The van der Waals surface area contributed by atoms with Gasteiger partial charge in [-0.2, -0.15) is 0 Å². The molecule has 150 valence electrons. The first-order chi connectivity index (χ1) is 14.2. The molecule has 0 spiro atoms. The Balaban J connectivity index is 1.40. The number of morpholine rings is 1. The summed E-state index contributed by atoms with van der Waals surface area (Å²) in [5, 5.41) is 10.7. The van der Waals surface area contributed by atoms with Crippen LogP contribution in [0.5, 0.6) is 0 Å². The fourth-order valence-corrected chi connectivity index (χ4v) is 3.25. The first kappa shape index (κ1) is 19.1. The molecule has 3 aromatic rings. The SMILES string of the molecule is O=C(Nc1cc(F)cc(N2CCOCC2)c1)c1cn(CCc2ccccc2)nn1. The van der Waals surface area contributed by atoms with Gasteiger partial charge in [0.05, 0.1) is 19.4 Å². The maximum Gasteiger partial charge on any atom is 0.277 e. The van der Waals surface area contributed by atoms with Crippen molar-refractivity contribution < 1.29 is 13.9 Å². The van der Waals surface area contributed by atoms with Crippen LogP contribution in [0.2, 0.25) is 0 Å². The Morgan fingerprint density at radius 3 is 2.72 bits per heavy atom. The van der Waals surface area contributed by atoms with E-state index >= 15 is 0 Å². The van der Waals surface area contributed by atoms with Crippen LogP contribution in [-0.4, -0.2) is 47.2 Å². The number of hydrogen-bond donors (Lipinski definition) is 1. The highest BCUT2D eigenvalue weighted by atomic mass is 19.1. The van der Waals surface area contributed by atoms with E-state index in [0.29, 0.717) is 38.5 Å². The molecule has 7 nitrogen and oxygen atoms in total. The van der Waals surface area contributed by atoms with Crippen molar-refractivity contribution in [1.82, 2.24) is 15.0 Å². The number of nitrogens with zero attached hydrogens (tertiary/aromatic N) is 4. The number of aromatic nitrogens is 3. The van der Waals surface area contributed by atoms with Crippen molar-refractivity contribution in [2.24, 2.45) is 0 Å². The second-order valence-corrected chi connectivity index (χ2v) is 6.85. The number of halogens is 1. The minimum absolute atomic E-state index is 0.190. The summed E-state index contributed by atoms with van der Waals surface area (Å²) in [5.41, 5.74) is 2.48. The molecular weight excluding hydrogens is 373 g/mol.